The molecule has 1 aromatic carbocycles. The lowest BCUT2D eigenvalue weighted by Crippen LogP contribution is -2.09. The van der Waals surface area contributed by atoms with Crippen molar-refractivity contribution < 1.29 is 8.42 Å². The molecule has 0 saturated heterocycles. The molecule has 0 N–H and O–H groups in total. The Balaban J connectivity index is 2.95. The maximum atomic E-state index is 11.5. The number of hydrogen-bond acceptors (Lipinski definition) is 2. The van der Waals surface area contributed by atoms with E-state index >= 15 is 0 Å². The number of aromatic nitrogens is 1. The van der Waals surface area contributed by atoms with Crippen LogP contribution in [0, 0.1) is 0 Å². The van der Waals surface area contributed by atoms with Gasteiger partial charge in [0.25, 0.3) is 0 Å². The Labute approximate surface area is 90.5 Å². The van der Waals surface area contributed by atoms with Crippen molar-refractivity contribution in [2.75, 3.05) is 6.26 Å². The van der Waals surface area contributed by atoms with Crippen LogP contribution in [0.25, 0.3) is 10.9 Å². The quantitative estimate of drug-likeness (QED) is 0.799. The van der Waals surface area contributed by atoms with Gasteiger partial charge in [-0.3, -0.25) is 0 Å². The molecule has 0 bridgehead atoms. The molecule has 0 aliphatic heterocycles. The number of rotatable bonds is 1. The van der Waals surface area contributed by atoms with E-state index < -0.39 is 10.0 Å². The van der Waals surface area contributed by atoms with Crippen molar-refractivity contribution in [3.63, 3.8) is 0 Å². The second-order valence-corrected chi connectivity index (χ2v) is 5.70. The van der Waals surface area contributed by atoms with E-state index in [1.807, 2.05) is 18.2 Å². The first-order valence-electron chi connectivity index (χ1n) is 3.97. The van der Waals surface area contributed by atoms with E-state index in [2.05, 4.69) is 15.9 Å². The number of halogens is 1. The molecule has 2 rings (SSSR count). The van der Waals surface area contributed by atoms with E-state index in [0.29, 0.717) is 10.1 Å². The molecule has 0 amide bonds. The number of hydrogen-bond donors (Lipinski definition) is 0. The number of benzene rings is 1. The molecule has 1 heterocycles. The van der Waals surface area contributed by atoms with Crippen LogP contribution >= 0.6 is 15.9 Å². The standard InChI is InChI=1S/C9H8BrNO2S/c1-14(12,13)11-8-5-3-2-4-7(8)6-9(11)10/h2-6H,1H3. The predicted octanol–water partition coefficient (Wildman–Crippen LogP) is 2.21. The molecule has 0 radical (unpaired) electrons. The molecule has 14 heavy (non-hydrogen) atoms. The summed E-state index contributed by atoms with van der Waals surface area (Å²) in [6.45, 7) is 0. The van der Waals surface area contributed by atoms with Crippen LogP contribution in [-0.4, -0.2) is 18.6 Å². The number of para-hydroxylation sites is 1. The lowest BCUT2D eigenvalue weighted by atomic mass is 10.3. The summed E-state index contributed by atoms with van der Waals surface area (Å²) in [6.07, 6.45) is 1.18. The van der Waals surface area contributed by atoms with Gasteiger partial charge in [0.15, 0.2) is 0 Å². The predicted molar refractivity (Wildman–Crippen MR) is 59.9 cm³/mol. The second kappa shape index (κ2) is 3.10. The van der Waals surface area contributed by atoms with Crippen molar-refractivity contribution in [3.8, 4) is 0 Å². The van der Waals surface area contributed by atoms with Gasteiger partial charge in [-0.05, 0) is 28.1 Å². The molecule has 0 saturated carbocycles. The SMILES string of the molecule is CS(=O)(=O)n1c(Br)cc2ccccc21. The molecule has 74 valence electrons. The topological polar surface area (TPSA) is 39.1 Å². The van der Waals surface area contributed by atoms with Crippen LogP contribution in [0.2, 0.25) is 0 Å². The highest BCUT2D eigenvalue weighted by Gasteiger charge is 2.13. The van der Waals surface area contributed by atoms with Crippen molar-refractivity contribution >= 4 is 36.9 Å². The molecule has 0 atom stereocenters. The molecule has 0 fully saturated rings. The van der Waals surface area contributed by atoms with Crippen LogP contribution in [0.5, 0.6) is 0 Å². The zero-order chi connectivity index (χ0) is 10.3. The van der Waals surface area contributed by atoms with E-state index in [0.717, 1.165) is 5.39 Å². The van der Waals surface area contributed by atoms with Crippen molar-refractivity contribution in [1.82, 2.24) is 3.97 Å². The summed E-state index contributed by atoms with van der Waals surface area (Å²) in [7, 11) is -3.25. The van der Waals surface area contributed by atoms with Crippen molar-refractivity contribution in [2.45, 2.75) is 0 Å². The Kier molecular flexibility index (Phi) is 2.16. The average molecular weight is 274 g/mol. The van der Waals surface area contributed by atoms with Gasteiger partial charge >= 0.3 is 0 Å². The third-order valence-electron chi connectivity index (χ3n) is 1.96. The summed E-state index contributed by atoms with van der Waals surface area (Å²) in [4.78, 5) is 0. The van der Waals surface area contributed by atoms with Crippen LogP contribution in [0.4, 0.5) is 0 Å². The molecule has 3 nitrogen and oxygen atoms in total. The average Bonchev–Trinajstić information content (AvgIpc) is 2.38. The highest BCUT2D eigenvalue weighted by atomic mass is 79.9. The highest BCUT2D eigenvalue weighted by molar-refractivity contribution is 9.10. The van der Waals surface area contributed by atoms with Crippen LogP contribution in [0.15, 0.2) is 34.9 Å². The molecule has 0 unspecified atom stereocenters. The van der Waals surface area contributed by atoms with E-state index in [4.69, 9.17) is 0 Å². The molecule has 0 spiro atoms. The first-order valence-corrected chi connectivity index (χ1v) is 6.61. The van der Waals surface area contributed by atoms with Gasteiger partial charge in [-0.15, -0.1) is 0 Å². The zero-order valence-electron chi connectivity index (χ0n) is 7.44. The summed E-state index contributed by atoms with van der Waals surface area (Å²) in [5.74, 6) is 0. The fourth-order valence-corrected chi connectivity index (χ4v) is 3.55. The van der Waals surface area contributed by atoms with Crippen LogP contribution < -0.4 is 0 Å². The maximum Gasteiger partial charge on any atom is 0.237 e. The van der Waals surface area contributed by atoms with Gasteiger partial charge < -0.3 is 0 Å². The highest BCUT2D eigenvalue weighted by Crippen LogP contribution is 2.25. The van der Waals surface area contributed by atoms with Gasteiger partial charge in [0.05, 0.1) is 11.8 Å². The van der Waals surface area contributed by atoms with Crippen molar-refractivity contribution in [2.24, 2.45) is 0 Å². The first kappa shape index (κ1) is 9.73. The summed E-state index contributed by atoms with van der Waals surface area (Å²) in [5, 5.41) is 0.907. The molecule has 2 aromatic rings. The van der Waals surface area contributed by atoms with E-state index in [1.54, 1.807) is 12.1 Å². The third kappa shape index (κ3) is 1.46. The normalized spacial score (nSPS) is 12.1. The Hall–Kier alpha value is -0.810. The molecular formula is C9H8BrNO2S. The fourth-order valence-electron chi connectivity index (χ4n) is 1.43. The smallest absolute Gasteiger partial charge is 0.231 e. The van der Waals surface area contributed by atoms with E-state index in [-0.39, 0.29) is 0 Å². The maximum absolute atomic E-state index is 11.5. The summed E-state index contributed by atoms with van der Waals surface area (Å²) >= 11 is 3.23. The lowest BCUT2D eigenvalue weighted by molar-refractivity contribution is 0.594. The molecular weight excluding hydrogens is 266 g/mol. The summed E-state index contributed by atoms with van der Waals surface area (Å²) < 4.78 is 24.8. The molecule has 0 aliphatic rings. The van der Waals surface area contributed by atoms with Crippen LogP contribution in [0.1, 0.15) is 0 Å². The lowest BCUT2D eigenvalue weighted by Gasteiger charge is -2.02. The van der Waals surface area contributed by atoms with Crippen molar-refractivity contribution in [3.05, 3.63) is 34.9 Å². The Bertz CT molecular complexity index is 586. The summed E-state index contributed by atoms with van der Waals surface area (Å²) in [5.41, 5.74) is 0.696. The van der Waals surface area contributed by atoms with Gasteiger partial charge in [-0.1, -0.05) is 18.2 Å². The zero-order valence-corrected chi connectivity index (χ0v) is 9.84. The molecule has 1 aromatic heterocycles. The largest absolute Gasteiger partial charge is 0.237 e. The van der Waals surface area contributed by atoms with Crippen LogP contribution in [0.3, 0.4) is 0 Å². The molecule has 0 aliphatic carbocycles. The van der Waals surface area contributed by atoms with E-state index in [9.17, 15) is 8.42 Å². The first-order chi connectivity index (χ1) is 6.50. The minimum atomic E-state index is -3.25. The van der Waals surface area contributed by atoms with Crippen LogP contribution in [-0.2, 0) is 10.0 Å². The Morgan fingerprint density at radius 2 is 1.93 bits per heavy atom. The fraction of sp³-hybridized carbons (Fsp3) is 0.111. The van der Waals surface area contributed by atoms with Gasteiger partial charge in [-0.25, -0.2) is 12.4 Å². The van der Waals surface area contributed by atoms with Gasteiger partial charge in [0.2, 0.25) is 10.0 Å². The minimum absolute atomic E-state index is 0.557. The van der Waals surface area contributed by atoms with Gasteiger partial charge in [-0.2, -0.15) is 0 Å². The molecule has 5 heteroatoms. The Morgan fingerprint density at radius 3 is 2.57 bits per heavy atom. The Morgan fingerprint density at radius 1 is 1.29 bits per heavy atom. The third-order valence-corrected chi connectivity index (χ3v) is 3.83. The van der Waals surface area contributed by atoms with Crippen molar-refractivity contribution in [1.29, 1.82) is 0 Å². The summed E-state index contributed by atoms with van der Waals surface area (Å²) in [6, 6.07) is 9.14. The van der Waals surface area contributed by atoms with Gasteiger partial charge in [0.1, 0.15) is 4.60 Å². The van der Waals surface area contributed by atoms with Gasteiger partial charge in [0, 0.05) is 5.39 Å². The second-order valence-electron chi connectivity index (χ2n) is 3.05. The number of nitrogens with zero attached hydrogens (tertiary/aromatic N) is 1. The minimum Gasteiger partial charge on any atom is -0.231 e. The monoisotopic (exact) mass is 273 g/mol. The number of fused-ring (bicyclic) bond motifs is 1. The van der Waals surface area contributed by atoms with E-state index in [1.165, 1.54) is 10.2 Å².